The number of hydrogen-bond donors (Lipinski definition) is 1. The predicted molar refractivity (Wildman–Crippen MR) is 76.9 cm³/mol. The summed E-state index contributed by atoms with van der Waals surface area (Å²) in [5.41, 5.74) is 7.16. The van der Waals surface area contributed by atoms with Crippen LogP contribution in [0.3, 0.4) is 0 Å². The summed E-state index contributed by atoms with van der Waals surface area (Å²) in [7, 11) is 3.83. The molecule has 0 amide bonds. The van der Waals surface area contributed by atoms with Crippen LogP contribution >= 0.6 is 0 Å². The van der Waals surface area contributed by atoms with Crippen LogP contribution in [-0.4, -0.2) is 32.1 Å². The average Bonchev–Trinajstić information content (AvgIpc) is 2.38. The van der Waals surface area contributed by atoms with Gasteiger partial charge in [-0.1, -0.05) is 26.0 Å². The number of ether oxygens (including phenoxy) is 1. The lowest BCUT2D eigenvalue weighted by atomic mass is 10.0. The lowest BCUT2D eigenvalue weighted by molar-refractivity contribution is 0.236. The number of rotatable bonds is 7. The van der Waals surface area contributed by atoms with Gasteiger partial charge in [0.25, 0.3) is 0 Å². The molecule has 3 heteroatoms. The Morgan fingerprint density at radius 3 is 2.28 bits per heavy atom. The topological polar surface area (TPSA) is 38.5 Å². The molecule has 0 aliphatic heterocycles. The van der Waals surface area contributed by atoms with E-state index in [1.54, 1.807) is 7.11 Å². The average molecular weight is 250 g/mol. The Morgan fingerprint density at radius 1 is 1.22 bits per heavy atom. The predicted octanol–water partition coefficient (Wildman–Crippen LogP) is 2.67. The van der Waals surface area contributed by atoms with Crippen molar-refractivity contribution in [3.8, 4) is 5.75 Å². The lowest BCUT2D eigenvalue weighted by Gasteiger charge is -2.28. The molecule has 3 nitrogen and oxygen atoms in total. The van der Waals surface area contributed by atoms with Crippen molar-refractivity contribution in [1.82, 2.24) is 4.90 Å². The number of benzene rings is 1. The maximum atomic E-state index is 5.91. The van der Waals surface area contributed by atoms with Gasteiger partial charge in [-0.2, -0.15) is 0 Å². The zero-order chi connectivity index (χ0) is 13.5. The van der Waals surface area contributed by atoms with Gasteiger partial charge in [0.15, 0.2) is 0 Å². The highest BCUT2D eigenvalue weighted by atomic mass is 16.5. The minimum atomic E-state index is 0.287. The number of likely N-dealkylation sites (N-methyl/N-ethyl adjacent to an activating group) is 1. The van der Waals surface area contributed by atoms with Gasteiger partial charge in [0.1, 0.15) is 5.75 Å². The maximum Gasteiger partial charge on any atom is 0.118 e. The number of nitrogens with zero attached hydrogens (tertiary/aromatic N) is 1. The van der Waals surface area contributed by atoms with E-state index in [2.05, 4.69) is 37.9 Å². The Kier molecular flexibility index (Phi) is 6.16. The van der Waals surface area contributed by atoms with Gasteiger partial charge < -0.3 is 10.5 Å². The first kappa shape index (κ1) is 15.0. The second-order valence-electron chi connectivity index (χ2n) is 5.19. The van der Waals surface area contributed by atoms with E-state index < -0.39 is 0 Å². The molecule has 1 unspecified atom stereocenters. The molecule has 1 aromatic rings. The zero-order valence-electron chi connectivity index (χ0n) is 12.0. The summed E-state index contributed by atoms with van der Waals surface area (Å²) >= 11 is 0. The molecule has 1 atom stereocenters. The third kappa shape index (κ3) is 4.31. The molecule has 0 aliphatic rings. The van der Waals surface area contributed by atoms with Crippen molar-refractivity contribution in [3.05, 3.63) is 29.8 Å². The largest absolute Gasteiger partial charge is 0.497 e. The zero-order valence-corrected chi connectivity index (χ0v) is 12.0. The molecule has 0 bridgehead atoms. The molecule has 0 saturated heterocycles. The van der Waals surface area contributed by atoms with Crippen LogP contribution in [-0.2, 0) is 0 Å². The highest BCUT2D eigenvalue weighted by molar-refractivity contribution is 5.29. The van der Waals surface area contributed by atoms with Gasteiger partial charge in [0.2, 0.25) is 0 Å². The van der Waals surface area contributed by atoms with Crippen LogP contribution in [0.4, 0.5) is 0 Å². The standard InChI is InChI=1S/C15H26N2O/c1-12(2)9-10-17(3)15(11-16)13-5-7-14(18-4)8-6-13/h5-8,12,15H,9-11,16H2,1-4H3. The molecule has 0 saturated carbocycles. The molecule has 0 spiro atoms. The summed E-state index contributed by atoms with van der Waals surface area (Å²) in [5.74, 6) is 1.61. The second kappa shape index (κ2) is 7.39. The number of methoxy groups -OCH3 is 1. The molecule has 0 aromatic heterocycles. The summed E-state index contributed by atoms with van der Waals surface area (Å²) in [6, 6.07) is 8.47. The Labute approximate surface area is 111 Å². The summed E-state index contributed by atoms with van der Waals surface area (Å²) < 4.78 is 5.18. The summed E-state index contributed by atoms with van der Waals surface area (Å²) in [6.45, 7) is 6.21. The van der Waals surface area contributed by atoms with E-state index in [0.717, 1.165) is 18.2 Å². The van der Waals surface area contributed by atoms with E-state index >= 15 is 0 Å². The molecule has 102 valence electrons. The van der Waals surface area contributed by atoms with E-state index in [1.807, 2.05) is 12.1 Å². The molecule has 2 N–H and O–H groups in total. The van der Waals surface area contributed by atoms with E-state index in [9.17, 15) is 0 Å². The molecule has 0 radical (unpaired) electrons. The Bertz CT molecular complexity index is 335. The summed E-state index contributed by atoms with van der Waals surface area (Å²) in [6.07, 6.45) is 1.20. The van der Waals surface area contributed by atoms with Crippen molar-refractivity contribution in [3.63, 3.8) is 0 Å². The molecular formula is C15H26N2O. The molecule has 18 heavy (non-hydrogen) atoms. The van der Waals surface area contributed by atoms with Crippen molar-refractivity contribution in [2.24, 2.45) is 11.7 Å². The smallest absolute Gasteiger partial charge is 0.118 e. The van der Waals surface area contributed by atoms with E-state index in [4.69, 9.17) is 10.5 Å². The van der Waals surface area contributed by atoms with Gasteiger partial charge >= 0.3 is 0 Å². The Balaban J connectivity index is 2.68. The van der Waals surface area contributed by atoms with Gasteiger partial charge in [0.05, 0.1) is 7.11 Å². The van der Waals surface area contributed by atoms with Crippen LogP contribution in [0, 0.1) is 5.92 Å². The van der Waals surface area contributed by atoms with Crippen molar-refractivity contribution >= 4 is 0 Å². The van der Waals surface area contributed by atoms with Crippen LogP contribution in [0.25, 0.3) is 0 Å². The van der Waals surface area contributed by atoms with E-state index in [1.165, 1.54) is 12.0 Å². The van der Waals surface area contributed by atoms with E-state index in [-0.39, 0.29) is 6.04 Å². The molecule has 0 aliphatic carbocycles. The molecule has 1 rings (SSSR count). The number of hydrogen-bond acceptors (Lipinski definition) is 3. The monoisotopic (exact) mass is 250 g/mol. The molecule has 0 fully saturated rings. The quantitative estimate of drug-likeness (QED) is 0.808. The van der Waals surface area contributed by atoms with Gasteiger partial charge in [-0.15, -0.1) is 0 Å². The van der Waals surface area contributed by atoms with Crippen LogP contribution < -0.4 is 10.5 Å². The van der Waals surface area contributed by atoms with Crippen molar-refractivity contribution in [1.29, 1.82) is 0 Å². The van der Waals surface area contributed by atoms with E-state index in [0.29, 0.717) is 6.54 Å². The van der Waals surface area contributed by atoms with Gasteiger partial charge in [-0.05, 0) is 43.6 Å². The van der Waals surface area contributed by atoms with Crippen molar-refractivity contribution < 1.29 is 4.74 Å². The molecule has 0 heterocycles. The normalized spacial score (nSPS) is 13.1. The SMILES string of the molecule is COc1ccc(C(CN)N(C)CCC(C)C)cc1. The highest BCUT2D eigenvalue weighted by Gasteiger charge is 2.15. The van der Waals surface area contributed by atoms with Gasteiger partial charge in [-0.3, -0.25) is 4.90 Å². The first-order valence-corrected chi connectivity index (χ1v) is 6.62. The van der Waals surface area contributed by atoms with Crippen LogP contribution in [0.2, 0.25) is 0 Å². The second-order valence-corrected chi connectivity index (χ2v) is 5.19. The Hall–Kier alpha value is -1.06. The lowest BCUT2D eigenvalue weighted by Crippen LogP contribution is -2.31. The fraction of sp³-hybridized carbons (Fsp3) is 0.600. The highest BCUT2D eigenvalue weighted by Crippen LogP contribution is 2.21. The fourth-order valence-corrected chi connectivity index (χ4v) is 2.01. The fourth-order valence-electron chi connectivity index (χ4n) is 2.01. The third-order valence-corrected chi connectivity index (χ3v) is 3.32. The van der Waals surface area contributed by atoms with Crippen molar-refractivity contribution in [2.75, 3.05) is 27.2 Å². The van der Waals surface area contributed by atoms with Crippen LogP contribution in [0.5, 0.6) is 5.75 Å². The Morgan fingerprint density at radius 2 is 1.83 bits per heavy atom. The summed E-state index contributed by atoms with van der Waals surface area (Å²) in [4.78, 5) is 2.34. The number of nitrogens with two attached hydrogens (primary N) is 1. The first-order valence-electron chi connectivity index (χ1n) is 6.62. The molecule has 1 aromatic carbocycles. The minimum absolute atomic E-state index is 0.287. The minimum Gasteiger partial charge on any atom is -0.497 e. The maximum absolute atomic E-state index is 5.91. The first-order chi connectivity index (χ1) is 8.58. The van der Waals surface area contributed by atoms with Gasteiger partial charge in [0, 0.05) is 12.6 Å². The third-order valence-electron chi connectivity index (χ3n) is 3.32. The molecular weight excluding hydrogens is 224 g/mol. The summed E-state index contributed by atoms with van der Waals surface area (Å²) in [5, 5.41) is 0. The van der Waals surface area contributed by atoms with Gasteiger partial charge in [-0.25, -0.2) is 0 Å². The van der Waals surface area contributed by atoms with Crippen LogP contribution in [0.1, 0.15) is 31.9 Å². The van der Waals surface area contributed by atoms with Crippen LogP contribution in [0.15, 0.2) is 24.3 Å². The van der Waals surface area contributed by atoms with Crippen molar-refractivity contribution in [2.45, 2.75) is 26.3 Å².